The third kappa shape index (κ3) is 12.3. The zero-order valence-electron chi connectivity index (χ0n) is 20.5. The van der Waals surface area contributed by atoms with Crippen LogP contribution in [0.25, 0.3) is 0 Å². The van der Waals surface area contributed by atoms with Crippen molar-refractivity contribution in [2.45, 2.75) is 129 Å². The normalized spacial score (nSPS) is 22.9. The molecule has 29 heavy (non-hydrogen) atoms. The summed E-state index contributed by atoms with van der Waals surface area (Å²) < 4.78 is 0. The molecule has 0 atom stereocenters. The maximum absolute atomic E-state index is 2.56. The molecule has 0 bridgehead atoms. The monoisotopic (exact) mass is 524 g/mol. The van der Waals surface area contributed by atoms with Crippen LogP contribution in [-0.2, 0) is 20.4 Å². The summed E-state index contributed by atoms with van der Waals surface area (Å²) in [4.78, 5) is 0. The zero-order valence-corrected chi connectivity index (χ0v) is 24.1. The summed E-state index contributed by atoms with van der Waals surface area (Å²) in [6.07, 6.45) is 23.0. The first-order chi connectivity index (χ1) is 13.3. The molecule has 2 heterocycles. The van der Waals surface area contributed by atoms with Crippen molar-refractivity contribution in [1.29, 1.82) is 0 Å². The van der Waals surface area contributed by atoms with Crippen LogP contribution in [0.3, 0.4) is 0 Å². The fourth-order valence-electron chi connectivity index (χ4n) is 4.52. The van der Waals surface area contributed by atoms with Gasteiger partial charge in [-0.05, 0) is 25.7 Å². The standard InChI is InChI=1S/2C9H19Si.C8H12.Pd/c2*1-9(2)10(3)7-5-4-6-8-10;1-2-4-6-8-7-5-3-1;/h2*4-8H2,1-3H3;1-2,7-8H,3-6H2;/q2*-1;;+2. The third-order valence-corrected chi connectivity index (χ3v) is 18.3. The molecule has 0 aromatic heterocycles. The zero-order chi connectivity index (χ0) is 20.9. The summed E-state index contributed by atoms with van der Waals surface area (Å²) >= 11 is 0. The van der Waals surface area contributed by atoms with E-state index in [1.165, 1.54) is 64.2 Å². The first-order valence-electron chi connectivity index (χ1n) is 12.2. The van der Waals surface area contributed by atoms with E-state index in [1.807, 2.05) is 0 Å². The Labute approximate surface area is 200 Å². The van der Waals surface area contributed by atoms with E-state index in [0.29, 0.717) is 0 Å². The molecule has 3 rings (SSSR count). The molecule has 3 aliphatic rings. The molecule has 172 valence electrons. The number of hydrogen-bond donors (Lipinski definition) is 0. The number of rotatable bonds is 2. The molecule has 0 unspecified atom stereocenters. The maximum atomic E-state index is 2.56. The average molecular weight is 525 g/mol. The van der Waals surface area contributed by atoms with Gasteiger partial charge in [-0.3, -0.25) is 0 Å². The molecule has 0 radical (unpaired) electrons. The van der Waals surface area contributed by atoms with E-state index in [-0.39, 0.29) is 20.4 Å². The van der Waals surface area contributed by atoms with E-state index >= 15 is 0 Å². The molecule has 0 spiro atoms. The van der Waals surface area contributed by atoms with Gasteiger partial charge in [-0.25, -0.2) is 0 Å². The molecule has 0 amide bonds. The fraction of sp³-hybridized carbons (Fsp3) is 0.769. The Morgan fingerprint density at radius 1 is 0.483 bits per heavy atom. The van der Waals surface area contributed by atoms with E-state index in [2.05, 4.69) is 65.1 Å². The van der Waals surface area contributed by atoms with Gasteiger partial charge in [-0.15, -0.1) is 0 Å². The largest absolute Gasteiger partial charge is 2.00 e. The van der Waals surface area contributed by atoms with E-state index < -0.39 is 16.1 Å². The molecule has 1 aliphatic carbocycles. The molecule has 0 nitrogen and oxygen atoms in total. The SMILES string of the molecule is C1=CCCC=CCC1.C[C-](C)[Si]1(C)CCCCC1.C[C-](C)[Si]1(C)CCCCC1.[Pd+2]. The van der Waals surface area contributed by atoms with Gasteiger partial charge in [0.05, 0.1) is 0 Å². The predicted octanol–water partition coefficient (Wildman–Crippen LogP) is 9.48. The van der Waals surface area contributed by atoms with Crippen molar-refractivity contribution < 1.29 is 20.4 Å². The second-order valence-corrected chi connectivity index (χ2v) is 20.6. The molecular weight excluding hydrogens is 475 g/mol. The Hall–Kier alpha value is 0.576. The Morgan fingerprint density at radius 2 is 0.724 bits per heavy atom. The van der Waals surface area contributed by atoms with Crippen LogP contribution in [0.2, 0.25) is 37.3 Å². The van der Waals surface area contributed by atoms with Gasteiger partial charge in [0.1, 0.15) is 0 Å². The van der Waals surface area contributed by atoms with Crippen LogP contribution in [0.4, 0.5) is 0 Å². The summed E-state index contributed by atoms with van der Waals surface area (Å²) in [5.74, 6) is 0. The number of allylic oxidation sites excluding steroid dienone is 4. The Kier molecular flexibility index (Phi) is 16.6. The predicted molar refractivity (Wildman–Crippen MR) is 136 cm³/mol. The van der Waals surface area contributed by atoms with E-state index in [1.54, 1.807) is 35.3 Å². The van der Waals surface area contributed by atoms with E-state index in [0.717, 1.165) is 0 Å². The molecule has 0 saturated carbocycles. The van der Waals surface area contributed by atoms with Crippen molar-refractivity contribution in [3.05, 3.63) is 35.4 Å². The van der Waals surface area contributed by atoms with Crippen molar-refractivity contribution in [1.82, 2.24) is 0 Å². The summed E-state index contributed by atoms with van der Waals surface area (Å²) in [5.41, 5.74) is 3.54. The summed E-state index contributed by atoms with van der Waals surface area (Å²) in [6, 6.07) is 6.26. The average Bonchev–Trinajstić information content (AvgIpc) is 2.63. The maximum Gasteiger partial charge on any atom is 2.00 e. The van der Waals surface area contributed by atoms with Crippen molar-refractivity contribution in [3.63, 3.8) is 0 Å². The van der Waals surface area contributed by atoms with Crippen LogP contribution >= 0.6 is 0 Å². The second kappa shape index (κ2) is 16.2. The minimum atomic E-state index is -0.797. The number of hydrogen-bond acceptors (Lipinski definition) is 0. The topological polar surface area (TPSA) is 0 Å². The molecule has 2 aliphatic heterocycles. The minimum Gasteiger partial charge on any atom is -0.318 e. The van der Waals surface area contributed by atoms with Gasteiger partial charge >= 0.3 is 20.4 Å². The smallest absolute Gasteiger partial charge is 0.318 e. The molecular formula is C26H50PdSi2. The molecule has 0 aromatic rings. The molecule has 3 heteroatoms. The van der Waals surface area contributed by atoms with Crippen LogP contribution in [0.15, 0.2) is 24.3 Å². The van der Waals surface area contributed by atoms with Crippen LogP contribution in [-0.4, -0.2) is 16.1 Å². The Balaban J connectivity index is 0.000000401. The summed E-state index contributed by atoms with van der Waals surface area (Å²) in [7, 11) is -1.59. The van der Waals surface area contributed by atoms with Gasteiger partial charge in [-0.1, -0.05) is 116 Å². The van der Waals surface area contributed by atoms with Crippen LogP contribution in [0, 0.1) is 11.1 Å². The molecule has 0 N–H and O–H groups in total. The van der Waals surface area contributed by atoms with Crippen molar-refractivity contribution in [2.24, 2.45) is 0 Å². The van der Waals surface area contributed by atoms with Crippen molar-refractivity contribution in [3.8, 4) is 0 Å². The van der Waals surface area contributed by atoms with Crippen LogP contribution in [0.1, 0.15) is 91.9 Å². The van der Waals surface area contributed by atoms with Crippen LogP contribution in [0.5, 0.6) is 0 Å². The van der Waals surface area contributed by atoms with Gasteiger partial charge in [0.25, 0.3) is 0 Å². The van der Waals surface area contributed by atoms with Crippen molar-refractivity contribution in [2.75, 3.05) is 0 Å². The quantitative estimate of drug-likeness (QED) is 0.191. The van der Waals surface area contributed by atoms with E-state index in [9.17, 15) is 0 Å². The minimum absolute atomic E-state index is 0. The molecule has 0 aromatic carbocycles. The van der Waals surface area contributed by atoms with Gasteiger partial charge < -0.3 is 11.1 Å². The second-order valence-electron chi connectivity index (χ2n) is 10.3. The van der Waals surface area contributed by atoms with Gasteiger partial charge in [0, 0.05) is 0 Å². The van der Waals surface area contributed by atoms with Gasteiger partial charge in [-0.2, -0.15) is 27.7 Å². The molecule has 2 saturated heterocycles. The fourth-order valence-corrected chi connectivity index (χ4v) is 11.1. The molecule has 2 fully saturated rings. The Morgan fingerprint density at radius 3 is 0.897 bits per heavy atom. The van der Waals surface area contributed by atoms with Crippen molar-refractivity contribution >= 4 is 16.1 Å². The first-order valence-corrected chi connectivity index (χ1v) is 18.0. The van der Waals surface area contributed by atoms with E-state index in [4.69, 9.17) is 0 Å². The summed E-state index contributed by atoms with van der Waals surface area (Å²) in [6.45, 7) is 14.5. The van der Waals surface area contributed by atoms with Gasteiger partial charge in [0.15, 0.2) is 0 Å². The third-order valence-electron chi connectivity index (χ3n) is 7.66. The Bertz CT molecular complexity index is 388. The van der Waals surface area contributed by atoms with Crippen LogP contribution < -0.4 is 0 Å². The first kappa shape index (κ1) is 29.6. The van der Waals surface area contributed by atoms with Gasteiger partial charge in [0.2, 0.25) is 0 Å². The summed E-state index contributed by atoms with van der Waals surface area (Å²) in [5, 5.41) is 0.